The topological polar surface area (TPSA) is 12.9 Å². The van der Waals surface area contributed by atoms with Crippen molar-refractivity contribution >= 4 is 0 Å². The van der Waals surface area contributed by atoms with Gasteiger partial charge in [-0.25, -0.2) is 22.5 Å². The first-order valence-electron chi connectivity index (χ1n) is 15.8. The molecule has 222 valence electrons. The maximum Gasteiger partial charge on any atom is 0.280 e. The van der Waals surface area contributed by atoms with E-state index in [9.17, 15) is 4.39 Å². The molecule has 2 aromatic rings. The molecule has 2 aliphatic rings. The molecule has 1 saturated carbocycles. The molecule has 1 aromatic heterocycles. The number of alkyl halides is 2. The van der Waals surface area contributed by atoms with Gasteiger partial charge in [0, 0.05) is 11.5 Å². The van der Waals surface area contributed by atoms with Gasteiger partial charge in [-0.15, -0.1) is 0 Å². The first kappa shape index (κ1) is 31.0. The van der Waals surface area contributed by atoms with E-state index in [1.165, 1.54) is 56.7 Å². The first-order chi connectivity index (χ1) is 19.2. The van der Waals surface area contributed by atoms with E-state index in [1.807, 2.05) is 6.92 Å². The largest absolute Gasteiger partial charge is 0.280 e. The Bertz CT molecular complexity index is 1110. The summed E-state index contributed by atoms with van der Waals surface area (Å²) in [4.78, 5) is 3.73. The second kappa shape index (κ2) is 14.3. The van der Waals surface area contributed by atoms with Gasteiger partial charge in [-0.2, -0.15) is 4.39 Å². The molecule has 1 fully saturated rings. The molecule has 0 saturated heterocycles. The minimum absolute atomic E-state index is 0.135. The van der Waals surface area contributed by atoms with Gasteiger partial charge in [-0.1, -0.05) is 103 Å². The molecule has 1 nitrogen and oxygen atoms in total. The van der Waals surface area contributed by atoms with Crippen molar-refractivity contribution in [1.82, 2.24) is 4.98 Å². The quantitative estimate of drug-likeness (QED) is 0.112. The van der Waals surface area contributed by atoms with Crippen molar-refractivity contribution in [2.24, 2.45) is 17.8 Å². The lowest BCUT2D eigenvalue weighted by Gasteiger charge is -2.33. The number of rotatable bonds is 16. The Balaban J connectivity index is 1.35. The molecule has 2 unspecified atom stereocenters. The molecule has 0 bridgehead atoms. The standard InChI is InChI=1S/C34H46F5N/c1-3-4-12-23(2)21-26-18-20-28(32(36)31(26)35)29-22-25-17-19-27(34(38,39)30(25)33(37)40-29)14-11-9-7-5-6-8-10-13-24-15-16-24/h18,20,22-24,27H,3-17,19,21H2,1-2H3. The number of nitrogens with zero attached hydrogens (tertiary/aromatic N) is 1. The minimum Gasteiger partial charge on any atom is -0.219 e. The first-order valence-corrected chi connectivity index (χ1v) is 15.8. The van der Waals surface area contributed by atoms with Gasteiger partial charge in [0.2, 0.25) is 5.95 Å². The third-order valence-corrected chi connectivity index (χ3v) is 9.08. The summed E-state index contributed by atoms with van der Waals surface area (Å²) in [5.41, 5.74) is -0.574. The summed E-state index contributed by atoms with van der Waals surface area (Å²) in [5.74, 6) is -6.41. The number of aromatic nitrogens is 1. The molecule has 1 heterocycles. The lowest BCUT2D eigenvalue weighted by molar-refractivity contribution is -0.0824. The van der Waals surface area contributed by atoms with Crippen LogP contribution >= 0.6 is 0 Å². The zero-order valence-corrected chi connectivity index (χ0v) is 24.3. The Morgan fingerprint density at radius 2 is 1.55 bits per heavy atom. The van der Waals surface area contributed by atoms with Gasteiger partial charge in [0.25, 0.3) is 5.92 Å². The predicted molar refractivity (Wildman–Crippen MR) is 152 cm³/mol. The van der Waals surface area contributed by atoms with Crippen LogP contribution in [0.5, 0.6) is 0 Å². The van der Waals surface area contributed by atoms with Gasteiger partial charge in [-0.05, 0) is 60.8 Å². The highest BCUT2D eigenvalue weighted by atomic mass is 19.3. The SMILES string of the molecule is CCCCC(C)Cc1ccc(-c2cc3c(c(F)n2)C(F)(F)C(CCCCCCCCCC2CC2)CC3)c(F)c1F. The van der Waals surface area contributed by atoms with Gasteiger partial charge >= 0.3 is 0 Å². The van der Waals surface area contributed by atoms with Crippen LogP contribution < -0.4 is 0 Å². The Morgan fingerprint density at radius 1 is 0.875 bits per heavy atom. The lowest BCUT2D eigenvalue weighted by Crippen LogP contribution is -2.33. The Kier molecular flexibility index (Phi) is 11.0. The maximum absolute atomic E-state index is 15.4. The Morgan fingerprint density at radius 3 is 2.23 bits per heavy atom. The van der Waals surface area contributed by atoms with Crippen molar-refractivity contribution < 1.29 is 22.0 Å². The normalized spacial score (nSPS) is 19.0. The van der Waals surface area contributed by atoms with Gasteiger partial charge in [-0.3, -0.25) is 0 Å². The third kappa shape index (κ3) is 7.85. The molecule has 0 radical (unpaired) electrons. The molecule has 0 N–H and O–H groups in total. The summed E-state index contributed by atoms with van der Waals surface area (Å²) >= 11 is 0. The van der Waals surface area contributed by atoms with E-state index in [4.69, 9.17) is 0 Å². The van der Waals surface area contributed by atoms with E-state index in [0.717, 1.165) is 44.4 Å². The van der Waals surface area contributed by atoms with Crippen LogP contribution in [0.15, 0.2) is 18.2 Å². The average molecular weight is 564 g/mol. The molecule has 1 aromatic carbocycles. The van der Waals surface area contributed by atoms with Crippen LogP contribution in [-0.4, -0.2) is 4.98 Å². The number of fused-ring (bicyclic) bond motifs is 1. The van der Waals surface area contributed by atoms with Crippen LogP contribution in [-0.2, 0) is 18.8 Å². The number of halogens is 5. The molecule has 40 heavy (non-hydrogen) atoms. The monoisotopic (exact) mass is 563 g/mol. The highest BCUT2D eigenvalue weighted by molar-refractivity contribution is 5.62. The van der Waals surface area contributed by atoms with Crippen LogP contribution in [0.2, 0.25) is 0 Å². The van der Waals surface area contributed by atoms with Crippen LogP contribution in [0.3, 0.4) is 0 Å². The van der Waals surface area contributed by atoms with Crippen molar-refractivity contribution in [2.75, 3.05) is 0 Å². The maximum atomic E-state index is 15.4. The fourth-order valence-corrected chi connectivity index (χ4v) is 6.38. The van der Waals surface area contributed by atoms with E-state index in [-0.39, 0.29) is 41.1 Å². The summed E-state index contributed by atoms with van der Waals surface area (Å²) in [6.45, 7) is 4.09. The summed E-state index contributed by atoms with van der Waals surface area (Å²) in [7, 11) is 0. The zero-order chi connectivity index (χ0) is 28.7. The number of hydrogen-bond acceptors (Lipinski definition) is 1. The molecule has 0 spiro atoms. The summed E-state index contributed by atoms with van der Waals surface area (Å²) in [5, 5.41) is 0. The summed E-state index contributed by atoms with van der Waals surface area (Å²) in [6.07, 6.45) is 16.0. The summed E-state index contributed by atoms with van der Waals surface area (Å²) in [6, 6.07) is 4.23. The third-order valence-electron chi connectivity index (χ3n) is 9.08. The van der Waals surface area contributed by atoms with Gasteiger partial charge in [0.05, 0.1) is 11.3 Å². The number of pyridine rings is 1. The molecule has 0 aliphatic heterocycles. The molecule has 2 atom stereocenters. The van der Waals surface area contributed by atoms with E-state index in [1.54, 1.807) is 0 Å². The van der Waals surface area contributed by atoms with E-state index >= 15 is 17.6 Å². The molecule has 0 amide bonds. The van der Waals surface area contributed by atoms with Gasteiger partial charge in [0.1, 0.15) is 0 Å². The minimum atomic E-state index is -3.33. The Hall–Kier alpha value is -1.98. The molecule has 2 aliphatic carbocycles. The van der Waals surface area contributed by atoms with Crippen molar-refractivity contribution in [3.05, 3.63) is 52.5 Å². The van der Waals surface area contributed by atoms with Gasteiger partial charge in [0.15, 0.2) is 11.6 Å². The van der Waals surface area contributed by atoms with E-state index < -0.39 is 35.0 Å². The average Bonchev–Trinajstić information content (AvgIpc) is 3.74. The highest BCUT2D eigenvalue weighted by Gasteiger charge is 2.47. The van der Waals surface area contributed by atoms with E-state index in [2.05, 4.69) is 11.9 Å². The van der Waals surface area contributed by atoms with Crippen LogP contribution in [0, 0.1) is 35.3 Å². The van der Waals surface area contributed by atoms with Crippen molar-refractivity contribution in [3.63, 3.8) is 0 Å². The van der Waals surface area contributed by atoms with Crippen molar-refractivity contribution in [2.45, 2.75) is 129 Å². The van der Waals surface area contributed by atoms with Crippen molar-refractivity contribution in [3.8, 4) is 11.3 Å². The second-order valence-corrected chi connectivity index (χ2v) is 12.5. The van der Waals surface area contributed by atoms with Crippen molar-refractivity contribution in [1.29, 1.82) is 0 Å². The highest BCUT2D eigenvalue weighted by Crippen LogP contribution is 2.48. The predicted octanol–water partition coefficient (Wildman–Crippen LogP) is 11.1. The zero-order valence-electron chi connectivity index (χ0n) is 24.3. The number of aryl methyl sites for hydroxylation is 1. The van der Waals surface area contributed by atoms with Crippen LogP contribution in [0.1, 0.15) is 127 Å². The van der Waals surface area contributed by atoms with Gasteiger partial charge < -0.3 is 0 Å². The smallest absolute Gasteiger partial charge is 0.219 e. The molecule has 4 rings (SSSR count). The lowest BCUT2D eigenvalue weighted by atomic mass is 9.78. The summed E-state index contributed by atoms with van der Waals surface area (Å²) < 4.78 is 76.0. The molecular formula is C34H46F5N. The number of unbranched alkanes of at least 4 members (excludes halogenated alkanes) is 7. The molecule has 6 heteroatoms. The number of benzene rings is 1. The Labute approximate surface area is 237 Å². The van der Waals surface area contributed by atoms with E-state index in [0.29, 0.717) is 19.3 Å². The molecular weight excluding hydrogens is 517 g/mol. The van der Waals surface area contributed by atoms with Crippen LogP contribution in [0.4, 0.5) is 22.0 Å². The fraction of sp³-hybridized carbons (Fsp3) is 0.676. The second-order valence-electron chi connectivity index (χ2n) is 12.5. The van der Waals surface area contributed by atoms with Crippen LogP contribution in [0.25, 0.3) is 11.3 Å². The fourth-order valence-electron chi connectivity index (χ4n) is 6.38. The number of hydrogen-bond donors (Lipinski definition) is 0.